The molecule has 0 radical (unpaired) electrons. The van der Waals surface area contributed by atoms with Crippen LogP contribution in [0.15, 0.2) is 0 Å². The van der Waals surface area contributed by atoms with Crippen molar-refractivity contribution in [3.8, 4) is 0 Å². The third kappa shape index (κ3) is 1.55. The van der Waals surface area contributed by atoms with Gasteiger partial charge in [-0.1, -0.05) is 0 Å². The lowest BCUT2D eigenvalue weighted by atomic mass is 10.0. The molecule has 0 saturated carbocycles. The molecule has 2 saturated heterocycles. The van der Waals surface area contributed by atoms with Crippen LogP contribution in [0.2, 0.25) is 0 Å². The molecule has 2 atom stereocenters. The van der Waals surface area contributed by atoms with E-state index < -0.39 is 0 Å². The smallest absolute Gasteiger partial charge is 0.245 e. The highest BCUT2D eigenvalue weighted by Crippen LogP contribution is 2.28. The van der Waals surface area contributed by atoms with Gasteiger partial charge in [-0.3, -0.25) is 0 Å². The fourth-order valence-electron chi connectivity index (χ4n) is 2.60. The molecule has 2 aliphatic heterocycles. The summed E-state index contributed by atoms with van der Waals surface area (Å²) in [4.78, 5) is 6.79. The summed E-state index contributed by atoms with van der Waals surface area (Å²) in [5.41, 5.74) is 1.91. The van der Waals surface area contributed by atoms with Gasteiger partial charge in [-0.25, -0.2) is 4.98 Å². The molecule has 3 rings (SSSR count). The SMILES string of the molecule is Cc1nnc(N2CC3CNCC3C2)nc1C. The van der Waals surface area contributed by atoms with Crippen LogP contribution in [0.3, 0.4) is 0 Å². The number of nitrogens with one attached hydrogen (secondary N) is 1. The van der Waals surface area contributed by atoms with Crippen molar-refractivity contribution in [2.75, 3.05) is 31.1 Å². The van der Waals surface area contributed by atoms with E-state index in [0.29, 0.717) is 0 Å². The Morgan fingerprint density at radius 2 is 1.75 bits per heavy atom. The summed E-state index contributed by atoms with van der Waals surface area (Å²) >= 11 is 0. The van der Waals surface area contributed by atoms with Crippen molar-refractivity contribution in [2.24, 2.45) is 11.8 Å². The molecule has 2 fully saturated rings. The molecule has 86 valence electrons. The molecule has 5 nitrogen and oxygen atoms in total. The van der Waals surface area contributed by atoms with Crippen molar-refractivity contribution in [2.45, 2.75) is 13.8 Å². The van der Waals surface area contributed by atoms with Crippen LogP contribution in [-0.2, 0) is 0 Å². The van der Waals surface area contributed by atoms with Crippen LogP contribution in [0.1, 0.15) is 11.4 Å². The molecular formula is C11H17N5. The standard InChI is InChI=1S/C11H17N5/c1-7-8(2)14-15-11(13-7)16-5-9-3-12-4-10(9)6-16/h9-10,12H,3-6H2,1-2H3. The van der Waals surface area contributed by atoms with Crippen LogP contribution in [-0.4, -0.2) is 41.4 Å². The monoisotopic (exact) mass is 219 g/mol. The van der Waals surface area contributed by atoms with Crippen molar-refractivity contribution in [3.63, 3.8) is 0 Å². The number of nitrogens with zero attached hydrogens (tertiary/aromatic N) is 4. The molecule has 0 spiro atoms. The average molecular weight is 219 g/mol. The maximum atomic E-state index is 4.51. The van der Waals surface area contributed by atoms with Crippen LogP contribution in [0.25, 0.3) is 0 Å². The van der Waals surface area contributed by atoms with Crippen LogP contribution in [0.5, 0.6) is 0 Å². The lowest BCUT2D eigenvalue weighted by Gasteiger charge is -2.17. The Balaban J connectivity index is 1.81. The lowest BCUT2D eigenvalue weighted by Crippen LogP contribution is -2.27. The summed E-state index contributed by atoms with van der Waals surface area (Å²) < 4.78 is 0. The number of hydrogen-bond acceptors (Lipinski definition) is 5. The first-order valence-electron chi connectivity index (χ1n) is 5.87. The second-order valence-corrected chi connectivity index (χ2v) is 4.87. The number of hydrogen-bond donors (Lipinski definition) is 1. The van der Waals surface area contributed by atoms with E-state index in [2.05, 4.69) is 25.4 Å². The Bertz CT molecular complexity index is 393. The molecule has 1 aromatic heterocycles. The van der Waals surface area contributed by atoms with Gasteiger partial charge in [-0.2, -0.15) is 5.10 Å². The van der Waals surface area contributed by atoms with Crippen LogP contribution in [0.4, 0.5) is 5.95 Å². The molecule has 1 aromatic rings. The van der Waals surface area contributed by atoms with Crippen LogP contribution in [0, 0.1) is 25.7 Å². The van der Waals surface area contributed by atoms with Crippen molar-refractivity contribution < 1.29 is 0 Å². The molecule has 0 amide bonds. The Morgan fingerprint density at radius 1 is 1.06 bits per heavy atom. The molecular weight excluding hydrogens is 202 g/mol. The summed E-state index contributed by atoms with van der Waals surface area (Å²) in [5.74, 6) is 2.34. The van der Waals surface area contributed by atoms with Gasteiger partial charge < -0.3 is 10.2 Å². The molecule has 2 unspecified atom stereocenters. The Hall–Kier alpha value is -1.23. The van der Waals surface area contributed by atoms with Crippen molar-refractivity contribution in [3.05, 3.63) is 11.4 Å². The lowest BCUT2D eigenvalue weighted by molar-refractivity contribution is 0.533. The molecule has 2 aliphatic rings. The maximum absolute atomic E-state index is 4.51. The fourth-order valence-corrected chi connectivity index (χ4v) is 2.60. The van der Waals surface area contributed by atoms with Gasteiger partial charge in [0.05, 0.1) is 11.4 Å². The molecule has 3 heterocycles. The third-order valence-electron chi connectivity index (χ3n) is 3.75. The fraction of sp³-hybridized carbons (Fsp3) is 0.727. The molecule has 0 aromatic carbocycles. The normalized spacial score (nSPS) is 28.5. The quantitative estimate of drug-likeness (QED) is 0.728. The van der Waals surface area contributed by atoms with Crippen molar-refractivity contribution in [1.29, 1.82) is 0 Å². The first kappa shape index (κ1) is 9.96. The van der Waals surface area contributed by atoms with Gasteiger partial charge in [-0.05, 0) is 25.7 Å². The van der Waals surface area contributed by atoms with E-state index in [4.69, 9.17) is 0 Å². The highest BCUT2D eigenvalue weighted by Gasteiger charge is 2.37. The van der Waals surface area contributed by atoms with E-state index >= 15 is 0 Å². The highest BCUT2D eigenvalue weighted by atomic mass is 15.3. The van der Waals surface area contributed by atoms with E-state index in [9.17, 15) is 0 Å². The molecule has 5 heteroatoms. The second kappa shape index (κ2) is 3.66. The average Bonchev–Trinajstić information content (AvgIpc) is 2.81. The van der Waals surface area contributed by atoms with Gasteiger partial charge >= 0.3 is 0 Å². The minimum Gasteiger partial charge on any atom is -0.339 e. The molecule has 1 N–H and O–H groups in total. The van der Waals surface area contributed by atoms with Crippen LogP contribution >= 0.6 is 0 Å². The largest absolute Gasteiger partial charge is 0.339 e. The molecule has 0 bridgehead atoms. The topological polar surface area (TPSA) is 53.9 Å². The number of aromatic nitrogens is 3. The van der Waals surface area contributed by atoms with Gasteiger partial charge in [0.1, 0.15) is 0 Å². The molecule has 16 heavy (non-hydrogen) atoms. The van der Waals surface area contributed by atoms with E-state index in [1.54, 1.807) is 0 Å². The Kier molecular flexibility index (Phi) is 2.28. The summed E-state index contributed by atoms with van der Waals surface area (Å²) in [6.07, 6.45) is 0. The van der Waals surface area contributed by atoms with Gasteiger partial charge in [0.15, 0.2) is 0 Å². The number of fused-ring (bicyclic) bond motifs is 1. The third-order valence-corrected chi connectivity index (χ3v) is 3.75. The summed E-state index contributed by atoms with van der Waals surface area (Å²) in [6.45, 7) is 8.36. The number of anilines is 1. The summed E-state index contributed by atoms with van der Waals surface area (Å²) in [6, 6.07) is 0. The number of rotatable bonds is 1. The van der Waals surface area contributed by atoms with Gasteiger partial charge in [0, 0.05) is 26.2 Å². The zero-order valence-electron chi connectivity index (χ0n) is 9.77. The zero-order chi connectivity index (χ0) is 11.1. The van der Waals surface area contributed by atoms with Gasteiger partial charge in [0.2, 0.25) is 5.95 Å². The predicted molar refractivity (Wildman–Crippen MR) is 61.4 cm³/mol. The highest BCUT2D eigenvalue weighted by molar-refractivity contribution is 5.32. The minimum atomic E-state index is 0.769. The predicted octanol–water partition coefficient (Wildman–Crippen LogP) is 0.144. The van der Waals surface area contributed by atoms with Crippen molar-refractivity contribution >= 4 is 5.95 Å². The van der Waals surface area contributed by atoms with E-state index in [0.717, 1.165) is 55.4 Å². The summed E-state index contributed by atoms with van der Waals surface area (Å²) in [7, 11) is 0. The minimum absolute atomic E-state index is 0.769. The first-order valence-corrected chi connectivity index (χ1v) is 5.87. The van der Waals surface area contributed by atoms with E-state index in [1.165, 1.54) is 0 Å². The number of aryl methyl sites for hydroxylation is 2. The van der Waals surface area contributed by atoms with Gasteiger partial charge in [0.25, 0.3) is 0 Å². The maximum Gasteiger partial charge on any atom is 0.245 e. The Labute approximate surface area is 95.3 Å². The zero-order valence-corrected chi connectivity index (χ0v) is 9.77. The van der Waals surface area contributed by atoms with Gasteiger partial charge in [-0.15, -0.1) is 5.10 Å². The first-order chi connectivity index (χ1) is 7.74. The van der Waals surface area contributed by atoms with E-state index in [-0.39, 0.29) is 0 Å². The van der Waals surface area contributed by atoms with Crippen LogP contribution < -0.4 is 10.2 Å². The second-order valence-electron chi connectivity index (χ2n) is 4.87. The van der Waals surface area contributed by atoms with Crippen molar-refractivity contribution in [1.82, 2.24) is 20.5 Å². The molecule has 0 aliphatic carbocycles. The summed E-state index contributed by atoms with van der Waals surface area (Å²) in [5, 5.41) is 11.8. The Morgan fingerprint density at radius 3 is 2.38 bits per heavy atom. The van der Waals surface area contributed by atoms with E-state index in [1.807, 2.05) is 13.8 Å².